The molecule has 6 heterocycles. The lowest BCUT2D eigenvalue weighted by molar-refractivity contribution is -0.169. The van der Waals surface area contributed by atoms with Crippen LogP contribution in [0.25, 0.3) is 16.8 Å². The Morgan fingerprint density at radius 2 is 1.96 bits per heavy atom. The molecule has 0 aromatic carbocycles. The van der Waals surface area contributed by atoms with Gasteiger partial charge in [-0.15, -0.1) is 4.72 Å². The summed E-state index contributed by atoms with van der Waals surface area (Å²) in [6, 6.07) is 8.05. The van der Waals surface area contributed by atoms with E-state index in [0.29, 0.717) is 10.7 Å². The van der Waals surface area contributed by atoms with Gasteiger partial charge >= 0.3 is 0 Å². The summed E-state index contributed by atoms with van der Waals surface area (Å²) < 4.78 is 30.2. The van der Waals surface area contributed by atoms with Gasteiger partial charge in [0.25, 0.3) is 0 Å². The maximum Gasteiger partial charge on any atom is 0.158 e. The highest BCUT2D eigenvalue weighted by atomic mass is 35.5. The normalized spacial score (nSPS) is 22.0. The predicted molar refractivity (Wildman–Crippen MR) is 180 cm³/mol. The van der Waals surface area contributed by atoms with Crippen molar-refractivity contribution in [2.24, 2.45) is 5.41 Å². The van der Waals surface area contributed by atoms with Crippen LogP contribution in [0.4, 0.5) is 5.82 Å². The summed E-state index contributed by atoms with van der Waals surface area (Å²) in [4.78, 5) is 16.8. The van der Waals surface area contributed by atoms with Gasteiger partial charge in [0.15, 0.2) is 12.1 Å². The summed E-state index contributed by atoms with van der Waals surface area (Å²) in [5.41, 5.74) is 6.31. The molecular formula is C34H42ClN7O3S. The highest BCUT2D eigenvalue weighted by Gasteiger charge is 2.51. The van der Waals surface area contributed by atoms with Crippen molar-refractivity contribution in [1.82, 2.24) is 29.3 Å². The first-order valence-corrected chi connectivity index (χ1v) is 17.8. The van der Waals surface area contributed by atoms with Gasteiger partial charge in [0.2, 0.25) is 0 Å². The number of nitrogens with zero attached hydrogens (tertiary/aromatic N) is 6. The molecule has 2 aliphatic heterocycles. The Bertz CT molecular complexity index is 1710. The van der Waals surface area contributed by atoms with E-state index in [-0.39, 0.29) is 29.1 Å². The first-order valence-electron chi connectivity index (χ1n) is 16.2. The maximum atomic E-state index is 13.3. The molecule has 0 radical (unpaired) electrons. The molecule has 244 valence electrons. The predicted octanol–water partition coefficient (Wildman–Crippen LogP) is 6.13. The second-order valence-electron chi connectivity index (χ2n) is 13.7. The molecule has 1 aliphatic carbocycles. The van der Waals surface area contributed by atoms with E-state index in [4.69, 9.17) is 36.1 Å². The zero-order valence-electron chi connectivity index (χ0n) is 27.0. The number of piperidine rings is 1. The molecule has 1 unspecified atom stereocenters. The highest BCUT2D eigenvalue weighted by Crippen LogP contribution is 2.52. The summed E-state index contributed by atoms with van der Waals surface area (Å²) in [6.07, 6.45) is 11.0. The van der Waals surface area contributed by atoms with E-state index in [1.165, 1.54) is 5.56 Å². The van der Waals surface area contributed by atoms with Gasteiger partial charge in [-0.1, -0.05) is 17.7 Å². The van der Waals surface area contributed by atoms with Crippen LogP contribution in [-0.2, 0) is 33.9 Å². The van der Waals surface area contributed by atoms with Crippen molar-refractivity contribution in [3.8, 4) is 11.3 Å². The second kappa shape index (κ2) is 12.7. The van der Waals surface area contributed by atoms with Crippen molar-refractivity contribution < 1.29 is 14.0 Å². The molecule has 12 heteroatoms. The second-order valence-corrected chi connectivity index (χ2v) is 16.1. The first-order chi connectivity index (χ1) is 22.1. The van der Waals surface area contributed by atoms with Crippen molar-refractivity contribution in [1.29, 1.82) is 0 Å². The van der Waals surface area contributed by atoms with Gasteiger partial charge < -0.3 is 18.9 Å². The number of anilines is 1. The van der Waals surface area contributed by atoms with Crippen LogP contribution in [0.5, 0.6) is 0 Å². The molecule has 10 nitrogen and oxygen atoms in total. The fourth-order valence-corrected chi connectivity index (χ4v) is 8.33. The SMILES string of the molecule is Cc1nc(N2CCC3(CC2)Cc2ncccc2[C@H]3N[S+]([O-])C(C)(C)C)c2ccnn2c1-c1ccnc(CO[C@@H]2CCCCO2)c1Cl. The molecule has 1 N–H and O–H groups in total. The van der Waals surface area contributed by atoms with Crippen LogP contribution < -0.4 is 9.62 Å². The lowest BCUT2D eigenvalue weighted by atomic mass is 9.73. The average Bonchev–Trinajstić information content (AvgIpc) is 3.64. The lowest BCUT2D eigenvalue weighted by Crippen LogP contribution is -2.50. The third-order valence-corrected chi connectivity index (χ3v) is 11.7. The van der Waals surface area contributed by atoms with E-state index in [1.54, 1.807) is 6.20 Å². The topological polar surface area (TPSA) is 113 Å². The monoisotopic (exact) mass is 663 g/mol. The van der Waals surface area contributed by atoms with Gasteiger partial charge in [0, 0.05) is 60.1 Å². The van der Waals surface area contributed by atoms with Crippen molar-refractivity contribution >= 4 is 34.3 Å². The van der Waals surface area contributed by atoms with Crippen molar-refractivity contribution in [2.45, 2.75) is 89.9 Å². The fourth-order valence-electron chi connectivity index (χ4n) is 7.13. The van der Waals surface area contributed by atoms with E-state index < -0.39 is 11.4 Å². The van der Waals surface area contributed by atoms with Gasteiger partial charge in [-0.05, 0) is 90.0 Å². The Balaban J connectivity index is 1.14. The quantitative estimate of drug-likeness (QED) is 0.234. The van der Waals surface area contributed by atoms with Gasteiger partial charge in [-0.25, -0.2) is 9.50 Å². The van der Waals surface area contributed by atoms with Gasteiger partial charge in [-0.2, -0.15) is 5.10 Å². The summed E-state index contributed by atoms with van der Waals surface area (Å²) in [5.74, 6) is 0.910. The van der Waals surface area contributed by atoms with Crippen LogP contribution in [0.1, 0.15) is 81.6 Å². The Morgan fingerprint density at radius 3 is 2.72 bits per heavy atom. The van der Waals surface area contributed by atoms with Crippen molar-refractivity contribution in [3.05, 3.63) is 70.5 Å². The van der Waals surface area contributed by atoms with Crippen LogP contribution >= 0.6 is 11.6 Å². The largest absolute Gasteiger partial charge is 0.598 e. The van der Waals surface area contributed by atoms with Gasteiger partial charge in [-0.3, -0.25) is 9.97 Å². The van der Waals surface area contributed by atoms with E-state index in [2.05, 4.69) is 20.7 Å². The number of hydrogen-bond donors (Lipinski definition) is 1. The molecule has 3 atom stereocenters. The van der Waals surface area contributed by atoms with Crippen molar-refractivity contribution in [2.75, 3.05) is 24.6 Å². The van der Waals surface area contributed by atoms with Crippen LogP contribution in [-0.4, -0.2) is 59.9 Å². The average molecular weight is 664 g/mol. The lowest BCUT2D eigenvalue weighted by Gasteiger charge is -2.44. The zero-order chi connectivity index (χ0) is 32.1. The molecule has 1 spiro atoms. The number of nitrogens with one attached hydrogen (secondary N) is 1. The molecule has 0 bridgehead atoms. The number of ether oxygens (including phenoxy) is 2. The molecule has 0 amide bonds. The number of rotatable bonds is 7. The van der Waals surface area contributed by atoms with E-state index in [9.17, 15) is 4.55 Å². The highest BCUT2D eigenvalue weighted by molar-refractivity contribution is 7.90. The third-order valence-electron chi connectivity index (χ3n) is 9.67. The molecule has 3 aliphatic rings. The van der Waals surface area contributed by atoms with Crippen LogP contribution in [0.2, 0.25) is 5.02 Å². The van der Waals surface area contributed by atoms with Gasteiger partial charge in [0.1, 0.15) is 10.3 Å². The molecule has 2 fully saturated rings. The molecule has 4 aromatic rings. The van der Waals surface area contributed by atoms with Crippen LogP contribution in [0, 0.1) is 12.3 Å². The Morgan fingerprint density at radius 1 is 1.13 bits per heavy atom. The number of fused-ring (bicyclic) bond motifs is 2. The Kier molecular flexibility index (Phi) is 8.75. The fraction of sp³-hybridized carbons (Fsp3) is 0.529. The van der Waals surface area contributed by atoms with E-state index in [0.717, 1.165) is 92.2 Å². The minimum Gasteiger partial charge on any atom is -0.598 e. The van der Waals surface area contributed by atoms with E-state index in [1.807, 2.05) is 62.8 Å². The van der Waals surface area contributed by atoms with Crippen LogP contribution in [0.15, 0.2) is 42.9 Å². The number of halogens is 1. The van der Waals surface area contributed by atoms with Crippen molar-refractivity contribution in [3.63, 3.8) is 0 Å². The smallest absolute Gasteiger partial charge is 0.158 e. The molecule has 4 aromatic heterocycles. The molecule has 0 saturated carbocycles. The standard InChI is InChI=1S/C34H42ClN7O3S/c1-22-30(24-10-15-37-26(29(24)35)21-45-28-9-5-6-19-44-28)42-27(11-16-38-42)32(39-22)41-17-12-34(13-18-41)20-25-23(8-7-14-36-25)31(34)40-46(43)33(2,3)4/h7-8,10-11,14-16,28,31,40H,5-6,9,12-13,17-21H2,1-4H3/t28-,31-,46?/m1/s1. The molecule has 7 rings (SSSR count). The number of aryl methyl sites for hydroxylation is 1. The zero-order valence-corrected chi connectivity index (χ0v) is 28.5. The summed E-state index contributed by atoms with van der Waals surface area (Å²) >= 11 is 5.78. The van der Waals surface area contributed by atoms with E-state index >= 15 is 0 Å². The third kappa shape index (κ3) is 5.90. The summed E-state index contributed by atoms with van der Waals surface area (Å²) in [5, 5.41) is 5.27. The number of pyridine rings is 2. The number of hydrogen-bond acceptors (Lipinski definition) is 9. The maximum absolute atomic E-state index is 13.3. The number of aromatic nitrogens is 5. The summed E-state index contributed by atoms with van der Waals surface area (Å²) in [7, 11) is 0. The first kappa shape index (κ1) is 31.8. The van der Waals surface area contributed by atoms with Crippen LogP contribution in [0.3, 0.4) is 0 Å². The molecule has 2 saturated heterocycles. The summed E-state index contributed by atoms with van der Waals surface area (Å²) in [6.45, 7) is 10.7. The Labute approximate surface area is 278 Å². The molecule has 46 heavy (non-hydrogen) atoms. The minimum atomic E-state index is -1.20. The minimum absolute atomic E-state index is 0.0119. The van der Waals surface area contributed by atoms with Gasteiger partial charge in [0.05, 0.1) is 40.9 Å². The Hall–Kier alpha value is -2.80. The molecular weight excluding hydrogens is 622 g/mol.